The highest BCUT2D eigenvalue weighted by Gasteiger charge is 2.06. The molecule has 6 heteroatoms. The summed E-state index contributed by atoms with van der Waals surface area (Å²) in [5, 5.41) is 37.6. The van der Waals surface area contributed by atoms with E-state index in [2.05, 4.69) is 5.32 Å². The van der Waals surface area contributed by atoms with Gasteiger partial charge in [-0.1, -0.05) is 0 Å². The quantitative estimate of drug-likeness (QED) is 0.533. The Labute approximate surface area is 96.7 Å². The summed E-state index contributed by atoms with van der Waals surface area (Å²) in [4.78, 5) is 10.6. The Kier molecular flexibility index (Phi) is 3.69. The number of carbonyl (C=O) groups is 1. The van der Waals surface area contributed by atoms with Gasteiger partial charge in [0.25, 0.3) is 0 Å². The summed E-state index contributed by atoms with van der Waals surface area (Å²) in [6.45, 7) is 0. The van der Waals surface area contributed by atoms with Crippen LogP contribution in [0.15, 0.2) is 30.0 Å². The lowest BCUT2D eigenvalue weighted by Gasteiger charge is -2.04. The molecule has 0 unspecified atom stereocenters. The van der Waals surface area contributed by atoms with Gasteiger partial charge in [0, 0.05) is 6.20 Å². The molecular weight excluding hydrogens is 222 g/mol. The van der Waals surface area contributed by atoms with Crippen LogP contribution in [0.5, 0.6) is 5.75 Å². The highest BCUT2D eigenvalue weighted by atomic mass is 16.4. The molecule has 0 aromatic heterocycles. The summed E-state index contributed by atoms with van der Waals surface area (Å²) < 4.78 is 0. The largest absolute Gasteiger partial charge is 0.506 e. The lowest BCUT2D eigenvalue weighted by atomic mass is 10.2. The Bertz CT molecular complexity index is 548. The van der Waals surface area contributed by atoms with Crippen molar-refractivity contribution in [2.75, 3.05) is 5.32 Å². The van der Waals surface area contributed by atoms with Crippen LogP contribution in [0.1, 0.15) is 10.4 Å². The van der Waals surface area contributed by atoms with Gasteiger partial charge in [-0.3, -0.25) is 0 Å². The second kappa shape index (κ2) is 5.19. The molecule has 0 saturated heterocycles. The lowest BCUT2D eigenvalue weighted by Crippen LogP contribution is -1.97. The second-order valence-corrected chi connectivity index (χ2v) is 2.96. The Hall–Kier alpha value is -2.99. The number of anilines is 1. The van der Waals surface area contributed by atoms with Crippen molar-refractivity contribution in [1.29, 1.82) is 10.5 Å². The van der Waals surface area contributed by atoms with Crippen molar-refractivity contribution in [1.82, 2.24) is 0 Å². The van der Waals surface area contributed by atoms with Gasteiger partial charge in [-0.25, -0.2) is 4.79 Å². The number of hydrogen-bond donors (Lipinski definition) is 3. The summed E-state index contributed by atoms with van der Waals surface area (Å²) >= 11 is 0. The number of benzene rings is 1. The molecule has 1 rings (SSSR count). The van der Waals surface area contributed by atoms with Crippen LogP contribution in [0.25, 0.3) is 0 Å². The monoisotopic (exact) mass is 229 g/mol. The zero-order chi connectivity index (χ0) is 12.8. The fourth-order valence-electron chi connectivity index (χ4n) is 1.03. The molecule has 0 saturated carbocycles. The van der Waals surface area contributed by atoms with E-state index < -0.39 is 5.97 Å². The molecule has 0 heterocycles. The number of phenolic OH excluding ortho intramolecular Hbond substituents is 1. The summed E-state index contributed by atoms with van der Waals surface area (Å²) in [6, 6.07) is 6.96. The third-order valence-electron chi connectivity index (χ3n) is 1.86. The third kappa shape index (κ3) is 2.98. The molecule has 3 N–H and O–H groups in total. The van der Waals surface area contributed by atoms with E-state index >= 15 is 0 Å². The summed E-state index contributed by atoms with van der Waals surface area (Å²) in [5.41, 5.74) is -0.0115. The van der Waals surface area contributed by atoms with Crippen molar-refractivity contribution < 1.29 is 15.0 Å². The number of hydrogen-bond acceptors (Lipinski definition) is 5. The van der Waals surface area contributed by atoms with Crippen LogP contribution in [-0.2, 0) is 0 Å². The van der Waals surface area contributed by atoms with Gasteiger partial charge in [-0.05, 0) is 18.2 Å². The first-order valence-electron chi connectivity index (χ1n) is 4.41. The standard InChI is InChI=1S/C11H7N3O3/c12-4-7(5-13)6-14-9-2-1-8(11(16)17)3-10(9)15/h1-3,6,14-15H,(H,16,17). The van der Waals surface area contributed by atoms with Gasteiger partial charge < -0.3 is 15.5 Å². The fraction of sp³-hybridized carbons (Fsp3) is 0. The maximum Gasteiger partial charge on any atom is 0.335 e. The molecule has 1 aromatic carbocycles. The van der Waals surface area contributed by atoms with E-state index in [4.69, 9.17) is 15.6 Å². The van der Waals surface area contributed by atoms with Crippen LogP contribution in [0.2, 0.25) is 0 Å². The number of nitrogens with one attached hydrogen (secondary N) is 1. The zero-order valence-corrected chi connectivity index (χ0v) is 8.51. The number of rotatable bonds is 3. The molecule has 0 radical (unpaired) electrons. The smallest absolute Gasteiger partial charge is 0.335 e. The predicted molar refractivity (Wildman–Crippen MR) is 58.0 cm³/mol. The van der Waals surface area contributed by atoms with Crippen molar-refractivity contribution >= 4 is 11.7 Å². The van der Waals surface area contributed by atoms with E-state index in [1.165, 1.54) is 12.1 Å². The number of nitrogens with zero attached hydrogens (tertiary/aromatic N) is 2. The summed E-state index contributed by atoms with van der Waals surface area (Å²) in [6.07, 6.45) is 1.12. The zero-order valence-electron chi connectivity index (χ0n) is 8.51. The normalized spacial score (nSPS) is 8.59. The van der Waals surface area contributed by atoms with Crippen molar-refractivity contribution in [3.05, 3.63) is 35.5 Å². The average molecular weight is 229 g/mol. The predicted octanol–water partition coefficient (Wildman–Crippen LogP) is 1.43. The Morgan fingerprint density at radius 3 is 2.47 bits per heavy atom. The van der Waals surface area contributed by atoms with Gasteiger partial charge in [0.05, 0.1) is 11.3 Å². The van der Waals surface area contributed by atoms with E-state index in [-0.39, 0.29) is 22.6 Å². The Balaban J connectivity index is 2.96. The number of allylic oxidation sites excluding steroid dienone is 1. The van der Waals surface area contributed by atoms with Crippen LogP contribution in [-0.4, -0.2) is 16.2 Å². The number of carboxylic acid groups (broad SMARTS) is 1. The van der Waals surface area contributed by atoms with Gasteiger partial charge in [-0.15, -0.1) is 0 Å². The first-order chi connectivity index (χ1) is 8.08. The highest BCUT2D eigenvalue weighted by Crippen LogP contribution is 2.24. The highest BCUT2D eigenvalue weighted by molar-refractivity contribution is 5.89. The molecule has 0 aliphatic carbocycles. The van der Waals surface area contributed by atoms with Crippen LogP contribution >= 0.6 is 0 Å². The van der Waals surface area contributed by atoms with Crippen LogP contribution in [0.4, 0.5) is 5.69 Å². The van der Waals surface area contributed by atoms with Gasteiger partial charge in [0.1, 0.15) is 23.5 Å². The summed E-state index contributed by atoms with van der Waals surface area (Å²) in [5.74, 6) is -1.44. The third-order valence-corrected chi connectivity index (χ3v) is 1.86. The first kappa shape index (κ1) is 12.1. The Morgan fingerprint density at radius 2 is 2.00 bits per heavy atom. The molecule has 0 bridgehead atoms. The molecule has 0 atom stereocenters. The minimum absolute atomic E-state index is 0.0576. The van der Waals surface area contributed by atoms with Crippen molar-refractivity contribution in [2.45, 2.75) is 0 Å². The molecule has 0 aliphatic heterocycles. The van der Waals surface area contributed by atoms with E-state index in [0.29, 0.717) is 0 Å². The number of nitriles is 2. The number of phenols is 1. The number of aromatic carboxylic acids is 1. The van der Waals surface area contributed by atoms with Crippen LogP contribution in [0, 0.1) is 22.7 Å². The van der Waals surface area contributed by atoms with Gasteiger partial charge in [0.2, 0.25) is 0 Å². The molecule has 84 valence electrons. The van der Waals surface area contributed by atoms with Crippen molar-refractivity contribution in [2.24, 2.45) is 0 Å². The molecule has 0 spiro atoms. The van der Waals surface area contributed by atoms with Gasteiger partial charge in [0.15, 0.2) is 0 Å². The van der Waals surface area contributed by atoms with Gasteiger partial charge in [-0.2, -0.15) is 10.5 Å². The maximum atomic E-state index is 10.6. The average Bonchev–Trinajstić information content (AvgIpc) is 2.31. The second-order valence-electron chi connectivity index (χ2n) is 2.96. The van der Waals surface area contributed by atoms with Crippen molar-refractivity contribution in [3.8, 4) is 17.9 Å². The van der Waals surface area contributed by atoms with Crippen LogP contribution < -0.4 is 5.32 Å². The van der Waals surface area contributed by atoms with Crippen LogP contribution in [0.3, 0.4) is 0 Å². The topological polar surface area (TPSA) is 117 Å². The SMILES string of the molecule is N#CC(C#N)=CNc1ccc(C(=O)O)cc1O. The molecular formula is C11H7N3O3. The minimum atomic E-state index is -1.16. The summed E-state index contributed by atoms with van der Waals surface area (Å²) in [7, 11) is 0. The molecule has 0 fully saturated rings. The maximum absolute atomic E-state index is 10.6. The van der Waals surface area contributed by atoms with E-state index in [0.717, 1.165) is 12.3 Å². The Morgan fingerprint density at radius 1 is 1.35 bits per heavy atom. The van der Waals surface area contributed by atoms with Gasteiger partial charge >= 0.3 is 5.97 Å². The molecule has 17 heavy (non-hydrogen) atoms. The van der Waals surface area contributed by atoms with Crippen molar-refractivity contribution in [3.63, 3.8) is 0 Å². The molecule has 0 aliphatic rings. The number of carboxylic acids is 1. The fourth-order valence-corrected chi connectivity index (χ4v) is 1.03. The number of aromatic hydroxyl groups is 1. The van der Waals surface area contributed by atoms with E-state index in [9.17, 15) is 9.90 Å². The molecule has 0 amide bonds. The minimum Gasteiger partial charge on any atom is -0.506 e. The first-order valence-corrected chi connectivity index (χ1v) is 4.41. The van der Waals surface area contributed by atoms with E-state index in [1.54, 1.807) is 12.1 Å². The lowest BCUT2D eigenvalue weighted by molar-refractivity contribution is 0.0696. The molecule has 1 aromatic rings. The van der Waals surface area contributed by atoms with E-state index in [1.807, 2.05) is 0 Å². The molecule has 6 nitrogen and oxygen atoms in total.